The van der Waals surface area contributed by atoms with Gasteiger partial charge in [0.25, 0.3) is 0 Å². The van der Waals surface area contributed by atoms with Crippen molar-refractivity contribution in [1.82, 2.24) is 9.97 Å². The van der Waals surface area contributed by atoms with E-state index in [0.29, 0.717) is 11.5 Å². The van der Waals surface area contributed by atoms with Crippen molar-refractivity contribution < 1.29 is 26.2 Å². The van der Waals surface area contributed by atoms with Crippen molar-refractivity contribution in [3.8, 4) is 39.4 Å². The summed E-state index contributed by atoms with van der Waals surface area (Å²) in [7, 11) is 0. The van der Waals surface area contributed by atoms with E-state index in [4.69, 9.17) is 4.98 Å². The van der Waals surface area contributed by atoms with Crippen LogP contribution in [-0.2, 0) is 21.1 Å². The Kier molecular flexibility index (Phi) is 10.3. The van der Waals surface area contributed by atoms with Crippen molar-refractivity contribution >= 4 is 34.3 Å². The van der Waals surface area contributed by atoms with Crippen LogP contribution >= 0.6 is 0 Å². The number of para-hydroxylation sites is 5. The molecule has 0 aliphatic heterocycles. The minimum Gasteiger partial charge on any atom is -0.506 e. The van der Waals surface area contributed by atoms with E-state index >= 15 is 0 Å². The first-order valence-electron chi connectivity index (χ1n) is 16.8. The van der Waals surface area contributed by atoms with E-state index in [1.165, 1.54) is 0 Å². The van der Waals surface area contributed by atoms with Crippen LogP contribution < -0.4 is 9.80 Å². The number of anilines is 6. The van der Waals surface area contributed by atoms with E-state index in [9.17, 15) is 5.11 Å². The van der Waals surface area contributed by atoms with E-state index in [0.717, 1.165) is 56.4 Å². The Labute approximate surface area is 318 Å². The first-order chi connectivity index (χ1) is 25.2. The van der Waals surface area contributed by atoms with E-state index in [2.05, 4.69) is 76.6 Å². The van der Waals surface area contributed by atoms with Crippen molar-refractivity contribution in [2.24, 2.45) is 0 Å². The first-order valence-corrected chi connectivity index (χ1v) is 16.8. The van der Waals surface area contributed by atoms with Gasteiger partial charge in [0, 0.05) is 67.3 Å². The molecule has 0 atom stereocenters. The molecule has 0 spiro atoms. The number of aromatic hydroxyl groups is 1. The molecule has 0 saturated carbocycles. The van der Waals surface area contributed by atoms with E-state index in [1.54, 1.807) is 12.3 Å². The molecule has 0 aliphatic carbocycles. The Morgan fingerprint density at radius 1 is 0.462 bits per heavy atom. The average Bonchev–Trinajstić information content (AvgIpc) is 3.20. The Hall–Kier alpha value is -6.29. The molecule has 0 saturated heterocycles. The Bertz CT molecular complexity index is 2350. The van der Waals surface area contributed by atoms with Crippen molar-refractivity contribution in [3.63, 3.8) is 0 Å². The van der Waals surface area contributed by atoms with Crippen LogP contribution in [0.4, 0.5) is 34.3 Å². The molecule has 0 aliphatic rings. The molecule has 0 amide bonds. The van der Waals surface area contributed by atoms with Crippen LogP contribution in [0.25, 0.3) is 33.6 Å². The summed E-state index contributed by atoms with van der Waals surface area (Å²) >= 11 is 0. The van der Waals surface area contributed by atoms with Crippen LogP contribution in [0.15, 0.2) is 194 Å². The topological polar surface area (TPSA) is 52.5 Å². The first kappa shape index (κ1) is 34.2. The molecule has 0 bridgehead atoms. The zero-order chi connectivity index (χ0) is 34.4. The number of hydrogen-bond acceptors (Lipinski definition) is 5. The van der Waals surface area contributed by atoms with Crippen molar-refractivity contribution in [1.29, 1.82) is 0 Å². The smallest absolute Gasteiger partial charge is 0.139 e. The fraction of sp³-hybridized carbons (Fsp3) is 0. The number of hydrogen-bond donors (Lipinski definition) is 1. The maximum Gasteiger partial charge on any atom is 0.139 e. The summed E-state index contributed by atoms with van der Waals surface area (Å²) in [6.45, 7) is 0. The van der Waals surface area contributed by atoms with Gasteiger partial charge < -0.3 is 10.0 Å². The number of phenolic OH excluding ortho intramolecular Hbond substituents is 1. The van der Waals surface area contributed by atoms with Gasteiger partial charge in [0.05, 0.1) is 11.4 Å². The summed E-state index contributed by atoms with van der Waals surface area (Å²) in [4.78, 5) is 14.2. The summed E-state index contributed by atoms with van der Waals surface area (Å²) in [5.74, 6) is 0.765. The summed E-state index contributed by atoms with van der Waals surface area (Å²) in [6, 6.07) is 66.3. The molecule has 6 heteroatoms. The molecule has 8 aromatic rings. The molecule has 1 N–H and O–H groups in total. The van der Waals surface area contributed by atoms with Crippen LogP contribution in [0.1, 0.15) is 0 Å². The van der Waals surface area contributed by atoms with Gasteiger partial charge in [-0.25, -0.2) is 0 Å². The van der Waals surface area contributed by atoms with Gasteiger partial charge in [0.1, 0.15) is 11.6 Å². The van der Waals surface area contributed by atoms with Gasteiger partial charge >= 0.3 is 0 Å². The van der Waals surface area contributed by atoms with E-state index < -0.39 is 0 Å². The third-order valence-corrected chi connectivity index (χ3v) is 8.68. The quantitative estimate of drug-likeness (QED) is 0.147. The molecule has 6 aromatic carbocycles. The fourth-order valence-electron chi connectivity index (χ4n) is 6.34. The molecule has 2 aromatic heterocycles. The van der Waals surface area contributed by atoms with E-state index in [1.807, 2.05) is 126 Å². The average molecular weight is 853 g/mol. The van der Waals surface area contributed by atoms with Crippen LogP contribution in [-0.4, -0.2) is 15.1 Å². The van der Waals surface area contributed by atoms with Gasteiger partial charge in [-0.1, -0.05) is 120 Å². The number of aromatic nitrogens is 2. The number of nitrogens with zero attached hydrogens (tertiary/aromatic N) is 4. The van der Waals surface area contributed by atoms with Gasteiger partial charge in [-0.2, -0.15) is 0 Å². The molecule has 0 unspecified atom stereocenters. The van der Waals surface area contributed by atoms with Crippen LogP contribution in [0.3, 0.4) is 0 Å². The summed E-state index contributed by atoms with van der Waals surface area (Å²) in [6.07, 6.45) is 1.79. The Balaban J connectivity index is 0.00000420. The zero-order valence-electron chi connectivity index (χ0n) is 28.0. The Morgan fingerprint density at radius 2 is 1.04 bits per heavy atom. The molecule has 8 rings (SSSR count). The zero-order valence-corrected chi connectivity index (χ0v) is 30.3. The SMILES string of the molecule is Oc1ccccc1N(c1cc(N(c2ccccc2)c2ccccc2)cc(-c2[c-]c(-c3ccccn3)ccc2)n1)c1ccccc1-c1ccccc1.[Pt]. The van der Waals surface area contributed by atoms with Gasteiger partial charge in [-0.05, 0) is 60.2 Å². The number of rotatable bonds is 9. The second kappa shape index (κ2) is 15.7. The summed E-state index contributed by atoms with van der Waals surface area (Å²) in [5, 5.41) is 11.5. The number of phenols is 1. The maximum absolute atomic E-state index is 11.5. The molecule has 0 radical (unpaired) electrons. The second-order valence-corrected chi connectivity index (χ2v) is 12.0. The largest absolute Gasteiger partial charge is 0.506 e. The molecule has 0 fully saturated rings. The molecule has 2 heterocycles. The van der Waals surface area contributed by atoms with Gasteiger partial charge in [0.2, 0.25) is 0 Å². The van der Waals surface area contributed by atoms with Crippen LogP contribution in [0, 0.1) is 6.07 Å². The standard InChI is InChI=1S/C46H33N4O.Pt/c51-45-29-13-12-28-44(45)50(43-27-11-10-25-40(43)34-17-4-1-5-18-34)46-33-39(49(37-21-6-2-7-22-37)38-23-8-3-9-24-38)32-42(48-46)36-20-16-19-35(31-36)41-26-14-15-30-47-41;/h1-30,32-33,51H;/q-1;. The van der Waals surface area contributed by atoms with Crippen molar-refractivity contribution in [2.45, 2.75) is 0 Å². The summed E-state index contributed by atoms with van der Waals surface area (Å²) in [5.41, 5.74) is 9.65. The van der Waals surface area contributed by atoms with Crippen molar-refractivity contribution in [3.05, 3.63) is 200 Å². The second-order valence-electron chi connectivity index (χ2n) is 12.0. The minimum absolute atomic E-state index is 0. The van der Waals surface area contributed by atoms with E-state index in [-0.39, 0.29) is 26.8 Å². The van der Waals surface area contributed by atoms with Crippen LogP contribution in [0.5, 0.6) is 5.75 Å². The van der Waals surface area contributed by atoms with Crippen LogP contribution in [0.2, 0.25) is 0 Å². The summed E-state index contributed by atoms with van der Waals surface area (Å²) < 4.78 is 0. The van der Waals surface area contributed by atoms with Gasteiger partial charge in [0.15, 0.2) is 0 Å². The van der Waals surface area contributed by atoms with Crippen molar-refractivity contribution in [2.75, 3.05) is 9.80 Å². The molecular weight excluding hydrogens is 820 g/mol. The predicted molar refractivity (Wildman–Crippen MR) is 208 cm³/mol. The van der Waals surface area contributed by atoms with Gasteiger partial charge in [-0.15, -0.1) is 24.3 Å². The molecule has 254 valence electrons. The fourth-order valence-corrected chi connectivity index (χ4v) is 6.34. The number of benzene rings is 6. The number of pyridine rings is 2. The normalized spacial score (nSPS) is 10.6. The third kappa shape index (κ3) is 7.13. The molecule has 5 nitrogen and oxygen atoms in total. The third-order valence-electron chi connectivity index (χ3n) is 8.68. The Morgan fingerprint density at radius 3 is 1.69 bits per heavy atom. The monoisotopic (exact) mass is 852 g/mol. The maximum atomic E-state index is 11.5. The molecule has 52 heavy (non-hydrogen) atoms. The minimum atomic E-state index is 0. The molecular formula is C46H33N4OPt-. The predicted octanol–water partition coefficient (Wildman–Crippen LogP) is 11.9. The van der Waals surface area contributed by atoms with Gasteiger partial charge in [-0.3, -0.25) is 14.9 Å².